The van der Waals surface area contributed by atoms with Crippen LogP contribution >= 0.6 is 11.3 Å². The molecule has 2 aliphatic rings. The predicted octanol–water partition coefficient (Wildman–Crippen LogP) is 6.21. The molecule has 2 unspecified atom stereocenters. The number of thiazole rings is 1. The molecule has 1 amide bonds. The molecule has 2 atom stereocenters. The lowest BCUT2D eigenvalue weighted by atomic mass is 9.91. The van der Waals surface area contributed by atoms with Crippen molar-refractivity contribution >= 4 is 28.3 Å². The van der Waals surface area contributed by atoms with Gasteiger partial charge in [-0.3, -0.25) is 4.79 Å². The number of nitrogens with one attached hydrogen (secondary N) is 2. The smallest absolute Gasteiger partial charge is 0.335 e. The minimum Gasteiger partial charge on any atom is -0.487 e. The average Bonchev–Trinajstić information content (AvgIpc) is 3.71. The first-order chi connectivity index (χ1) is 20.9. The zero-order chi connectivity index (χ0) is 29.8. The summed E-state index contributed by atoms with van der Waals surface area (Å²) in [7, 11) is 0. The van der Waals surface area contributed by atoms with Crippen LogP contribution in [-0.2, 0) is 16.0 Å². The molecule has 1 saturated heterocycles. The van der Waals surface area contributed by atoms with Crippen LogP contribution in [0.3, 0.4) is 0 Å². The Hall–Kier alpha value is -4.32. The number of carbonyl (C=O) groups is 2. The van der Waals surface area contributed by atoms with Gasteiger partial charge in [0, 0.05) is 42.3 Å². The van der Waals surface area contributed by atoms with Crippen molar-refractivity contribution < 1.29 is 33.3 Å². The van der Waals surface area contributed by atoms with Gasteiger partial charge in [-0.1, -0.05) is 12.1 Å². The summed E-state index contributed by atoms with van der Waals surface area (Å²) in [6, 6.07) is 14.1. The quantitative estimate of drug-likeness (QED) is 0.196. The van der Waals surface area contributed by atoms with Gasteiger partial charge in [0.05, 0.1) is 11.7 Å². The van der Waals surface area contributed by atoms with E-state index in [-0.39, 0.29) is 35.8 Å². The lowest BCUT2D eigenvalue weighted by Crippen LogP contribution is -2.32. The summed E-state index contributed by atoms with van der Waals surface area (Å²) in [6.07, 6.45) is 4.49. The molecule has 222 valence electrons. The Kier molecular flexibility index (Phi) is 8.64. The zero-order valence-corrected chi connectivity index (χ0v) is 24.0. The summed E-state index contributed by atoms with van der Waals surface area (Å²) in [5.41, 5.74) is 2.96. The summed E-state index contributed by atoms with van der Waals surface area (Å²) in [5, 5.41) is 17.8. The van der Waals surface area contributed by atoms with Crippen molar-refractivity contribution in [2.24, 2.45) is 0 Å². The molecule has 1 aromatic heterocycles. The van der Waals surface area contributed by atoms with Gasteiger partial charge < -0.3 is 30.0 Å². The molecule has 0 radical (unpaired) electrons. The molecule has 9 nitrogen and oxygen atoms in total. The van der Waals surface area contributed by atoms with Crippen LogP contribution in [-0.4, -0.2) is 47.8 Å². The number of carboxylic acid groups (broad SMARTS) is 1. The monoisotopic (exact) mass is 603 g/mol. The van der Waals surface area contributed by atoms with Crippen LogP contribution in [0.25, 0.3) is 11.1 Å². The first kappa shape index (κ1) is 28.8. The van der Waals surface area contributed by atoms with Gasteiger partial charge in [0.25, 0.3) is 0 Å². The van der Waals surface area contributed by atoms with Crippen LogP contribution in [0.4, 0.5) is 9.52 Å². The number of hydrogen-bond acceptors (Lipinski definition) is 8. The van der Waals surface area contributed by atoms with Crippen LogP contribution in [0.2, 0.25) is 0 Å². The first-order valence-corrected chi connectivity index (χ1v) is 15.0. The number of aromatic nitrogens is 1. The molecule has 3 heterocycles. The fourth-order valence-electron chi connectivity index (χ4n) is 5.34. The van der Waals surface area contributed by atoms with Gasteiger partial charge in [-0.2, -0.15) is 0 Å². The van der Waals surface area contributed by atoms with Crippen molar-refractivity contribution in [1.82, 2.24) is 10.3 Å². The van der Waals surface area contributed by atoms with Crippen LogP contribution in [0.5, 0.6) is 17.2 Å². The summed E-state index contributed by atoms with van der Waals surface area (Å²) in [5.74, 6) is -0.517. The molecule has 0 spiro atoms. The minimum atomic E-state index is -1.05. The normalized spacial score (nSPS) is 17.7. The number of carboxylic acids is 1. The molecular formula is C32H30FN3O6S. The molecule has 0 bridgehead atoms. The number of halogens is 1. The van der Waals surface area contributed by atoms with Crippen molar-refractivity contribution in [3.05, 3.63) is 88.7 Å². The van der Waals surface area contributed by atoms with Gasteiger partial charge in [0.15, 0.2) is 16.6 Å². The third kappa shape index (κ3) is 6.85. The number of fused-ring (bicyclic) bond motifs is 1. The van der Waals surface area contributed by atoms with Crippen molar-refractivity contribution in [1.29, 1.82) is 0 Å². The second kappa shape index (κ2) is 12.9. The molecule has 3 aromatic carbocycles. The molecule has 1 fully saturated rings. The molecular weight excluding hydrogens is 573 g/mol. The van der Waals surface area contributed by atoms with Crippen LogP contribution < -0.4 is 20.1 Å². The average molecular weight is 604 g/mol. The number of benzene rings is 3. The number of rotatable bonds is 10. The summed E-state index contributed by atoms with van der Waals surface area (Å²) < 4.78 is 33.4. The number of hydrogen-bond donors (Lipinski definition) is 3. The van der Waals surface area contributed by atoms with E-state index >= 15 is 4.39 Å². The number of amides is 1. The maximum absolute atomic E-state index is 15.3. The van der Waals surface area contributed by atoms with Gasteiger partial charge in [0.2, 0.25) is 5.91 Å². The van der Waals surface area contributed by atoms with Crippen molar-refractivity contribution in [3.63, 3.8) is 0 Å². The lowest BCUT2D eigenvalue weighted by molar-refractivity contribution is -0.116. The highest BCUT2D eigenvalue weighted by molar-refractivity contribution is 7.13. The van der Waals surface area contributed by atoms with E-state index in [9.17, 15) is 9.59 Å². The van der Waals surface area contributed by atoms with E-state index in [1.54, 1.807) is 35.8 Å². The molecule has 6 rings (SSSR count). The highest BCUT2D eigenvalue weighted by Gasteiger charge is 2.26. The second-order valence-corrected chi connectivity index (χ2v) is 11.3. The number of anilines is 1. The fraction of sp³-hybridized carbons (Fsp3) is 0.281. The summed E-state index contributed by atoms with van der Waals surface area (Å²) in [6.45, 7) is 1.78. The summed E-state index contributed by atoms with van der Waals surface area (Å²) >= 11 is 1.36. The van der Waals surface area contributed by atoms with E-state index in [2.05, 4.69) is 15.6 Å². The topological polar surface area (TPSA) is 119 Å². The molecule has 2 aliphatic heterocycles. The number of carbonyl (C=O) groups excluding carboxylic acids is 1. The molecule has 43 heavy (non-hydrogen) atoms. The third-order valence-corrected chi connectivity index (χ3v) is 8.18. The van der Waals surface area contributed by atoms with Crippen molar-refractivity contribution in [3.8, 4) is 28.4 Å². The third-order valence-electron chi connectivity index (χ3n) is 7.49. The Morgan fingerprint density at radius 1 is 1.14 bits per heavy atom. The van der Waals surface area contributed by atoms with Crippen molar-refractivity contribution in [2.75, 3.05) is 25.1 Å². The van der Waals surface area contributed by atoms with Crippen LogP contribution in [0.15, 0.2) is 66.2 Å². The lowest BCUT2D eigenvalue weighted by Gasteiger charge is -2.28. The Labute approximate surface area is 251 Å². The number of aromatic carboxylic acids is 1. The van der Waals surface area contributed by atoms with Gasteiger partial charge in [0.1, 0.15) is 18.2 Å². The van der Waals surface area contributed by atoms with Crippen LogP contribution in [0.1, 0.15) is 46.8 Å². The largest absolute Gasteiger partial charge is 0.487 e. The van der Waals surface area contributed by atoms with Crippen molar-refractivity contribution in [2.45, 2.75) is 37.8 Å². The Balaban J connectivity index is 1.26. The Bertz CT molecular complexity index is 1610. The van der Waals surface area contributed by atoms with Gasteiger partial charge in [-0.25, -0.2) is 14.2 Å². The molecule has 4 aromatic rings. The van der Waals surface area contributed by atoms with E-state index in [1.165, 1.54) is 29.5 Å². The highest BCUT2D eigenvalue weighted by atomic mass is 32.1. The minimum absolute atomic E-state index is 0.00269. The first-order valence-electron chi connectivity index (χ1n) is 14.1. The maximum atomic E-state index is 15.3. The Morgan fingerprint density at radius 3 is 2.72 bits per heavy atom. The van der Waals surface area contributed by atoms with E-state index in [4.69, 9.17) is 19.3 Å². The Morgan fingerprint density at radius 2 is 2.00 bits per heavy atom. The predicted molar refractivity (Wildman–Crippen MR) is 160 cm³/mol. The van der Waals surface area contributed by atoms with E-state index < -0.39 is 11.8 Å². The molecule has 0 saturated carbocycles. The summed E-state index contributed by atoms with van der Waals surface area (Å²) in [4.78, 5) is 28.1. The van der Waals surface area contributed by atoms with Gasteiger partial charge in [-0.15, -0.1) is 11.3 Å². The SMILES string of the molecule is O=C(CC1NCCc2cc(OCC3CCCO3)c(Oc3ccc(-c4ccc(C(=O)O)cc4)c(F)c3)cc21)Nc1nccs1. The second-order valence-electron chi connectivity index (χ2n) is 10.4. The molecule has 11 heteroatoms. The standard InChI is InChI=1S/C32H30FN3O6S/c33-26-15-22(7-8-24(26)19-3-5-20(6-4-19)31(38)39)42-29-16-25-21(14-28(29)41-18-23-2-1-12-40-23)9-10-34-27(25)17-30(37)36-32-35-11-13-43-32/h3-8,11,13-16,23,27,34H,1-2,9-10,12,17-18H2,(H,38,39)(H,35,36,37). The van der Waals surface area contributed by atoms with Gasteiger partial charge >= 0.3 is 5.97 Å². The van der Waals surface area contributed by atoms with Crippen LogP contribution in [0, 0.1) is 5.82 Å². The maximum Gasteiger partial charge on any atom is 0.335 e. The fourth-order valence-corrected chi connectivity index (χ4v) is 5.88. The highest BCUT2D eigenvalue weighted by Crippen LogP contribution is 2.40. The molecule has 0 aliphatic carbocycles. The van der Waals surface area contributed by atoms with Gasteiger partial charge in [-0.05, 0) is 78.9 Å². The zero-order valence-electron chi connectivity index (χ0n) is 23.2. The van der Waals surface area contributed by atoms with E-state index in [0.29, 0.717) is 47.5 Å². The number of ether oxygens (including phenoxy) is 3. The molecule has 3 N–H and O–H groups in total. The number of nitrogens with zero attached hydrogens (tertiary/aromatic N) is 1. The van der Waals surface area contributed by atoms with E-state index in [1.807, 2.05) is 12.1 Å². The van der Waals surface area contributed by atoms with E-state index in [0.717, 1.165) is 30.4 Å².